The van der Waals surface area contributed by atoms with Crippen LogP contribution in [0.4, 0.5) is 19.3 Å². The Balaban J connectivity index is 1.53. The van der Waals surface area contributed by atoms with E-state index < -0.39 is 53.5 Å². The SMILES string of the molecule is NC(=O)[C@H](Cc1cccs1)NC(=O)[C@@H]1[C@@H](NC(=O)Nc2ccc(F)cc2F)CCN1C(=O)c1ccco1. The summed E-state index contributed by atoms with van der Waals surface area (Å²) in [5.41, 5.74) is 5.24. The third-order valence-corrected chi connectivity index (χ3v) is 6.70. The highest BCUT2D eigenvalue weighted by molar-refractivity contribution is 7.09. The molecule has 194 valence electrons. The number of nitrogens with zero attached hydrogens (tertiary/aromatic N) is 1. The molecule has 5 N–H and O–H groups in total. The maximum atomic E-state index is 14.0. The van der Waals surface area contributed by atoms with E-state index in [-0.39, 0.29) is 30.8 Å². The lowest BCUT2D eigenvalue weighted by Gasteiger charge is -2.28. The molecule has 1 saturated heterocycles. The molecule has 37 heavy (non-hydrogen) atoms. The summed E-state index contributed by atoms with van der Waals surface area (Å²) in [5, 5.41) is 9.24. The molecule has 1 fully saturated rings. The predicted molar refractivity (Wildman–Crippen MR) is 130 cm³/mol. The number of hydrogen-bond donors (Lipinski definition) is 4. The number of furan rings is 1. The second-order valence-corrected chi connectivity index (χ2v) is 9.32. The first-order chi connectivity index (χ1) is 17.7. The fourth-order valence-corrected chi connectivity index (χ4v) is 4.82. The fourth-order valence-electron chi connectivity index (χ4n) is 4.06. The van der Waals surface area contributed by atoms with Crippen LogP contribution in [0.1, 0.15) is 21.9 Å². The number of amides is 5. The molecule has 0 saturated carbocycles. The number of carbonyl (C=O) groups excluding carboxylic acids is 4. The number of rotatable bonds is 8. The third kappa shape index (κ3) is 6.12. The van der Waals surface area contributed by atoms with Crippen molar-refractivity contribution < 1.29 is 32.4 Å². The minimum absolute atomic E-state index is 0.0127. The van der Waals surface area contributed by atoms with Gasteiger partial charge in [0.05, 0.1) is 18.0 Å². The van der Waals surface area contributed by atoms with Crippen LogP contribution in [-0.4, -0.2) is 53.3 Å². The van der Waals surface area contributed by atoms with Crippen molar-refractivity contribution in [2.75, 3.05) is 11.9 Å². The van der Waals surface area contributed by atoms with Crippen LogP contribution in [0.3, 0.4) is 0 Å². The molecular weight excluding hydrogens is 508 g/mol. The lowest BCUT2D eigenvalue weighted by molar-refractivity contribution is -0.130. The van der Waals surface area contributed by atoms with E-state index in [0.29, 0.717) is 6.07 Å². The van der Waals surface area contributed by atoms with Crippen LogP contribution in [0.2, 0.25) is 0 Å². The van der Waals surface area contributed by atoms with Crippen LogP contribution in [0.5, 0.6) is 0 Å². The van der Waals surface area contributed by atoms with Gasteiger partial charge < -0.3 is 31.0 Å². The van der Waals surface area contributed by atoms with Gasteiger partial charge in [0.15, 0.2) is 5.76 Å². The monoisotopic (exact) mass is 531 g/mol. The van der Waals surface area contributed by atoms with Crippen molar-refractivity contribution in [2.24, 2.45) is 5.73 Å². The van der Waals surface area contributed by atoms with E-state index in [9.17, 15) is 28.0 Å². The summed E-state index contributed by atoms with van der Waals surface area (Å²) in [7, 11) is 0. The number of hydrogen-bond acceptors (Lipinski definition) is 6. The molecule has 3 atom stereocenters. The summed E-state index contributed by atoms with van der Waals surface area (Å²) >= 11 is 1.39. The number of carbonyl (C=O) groups is 4. The third-order valence-electron chi connectivity index (χ3n) is 5.80. The van der Waals surface area contributed by atoms with E-state index in [2.05, 4.69) is 16.0 Å². The quantitative estimate of drug-likeness (QED) is 0.352. The van der Waals surface area contributed by atoms with E-state index >= 15 is 0 Å². The van der Waals surface area contributed by atoms with Gasteiger partial charge in [0.25, 0.3) is 5.91 Å². The predicted octanol–water partition coefficient (Wildman–Crippen LogP) is 2.24. The second-order valence-electron chi connectivity index (χ2n) is 8.29. The summed E-state index contributed by atoms with van der Waals surface area (Å²) < 4.78 is 32.3. The Morgan fingerprint density at radius 3 is 2.62 bits per heavy atom. The number of benzene rings is 1. The Morgan fingerprint density at radius 2 is 1.97 bits per heavy atom. The molecule has 13 heteroatoms. The van der Waals surface area contributed by atoms with Crippen LogP contribution in [0.15, 0.2) is 58.5 Å². The maximum Gasteiger partial charge on any atom is 0.319 e. The highest BCUT2D eigenvalue weighted by Crippen LogP contribution is 2.23. The molecule has 3 heterocycles. The molecule has 3 aromatic rings. The Hall–Kier alpha value is -4.26. The zero-order valence-electron chi connectivity index (χ0n) is 19.3. The van der Waals surface area contributed by atoms with Crippen LogP contribution in [0, 0.1) is 11.6 Å². The summed E-state index contributed by atoms with van der Waals surface area (Å²) in [4.78, 5) is 53.2. The molecule has 0 spiro atoms. The first kappa shape index (κ1) is 25.8. The lowest BCUT2D eigenvalue weighted by Crippen LogP contribution is -2.58. The second kappa shape index (κ2) is 11.2. The van der Waals surface area contributed by atoms with Gasteiger partial charge in [-0.1, -0.05) is 6.07 Å². The van der Waals surface area contributed by atoms with Crippen molar-refractivity contribution in [3.63, 3.8) is 0 Å². The minimum Gasteiger partial charge on any atom is -0.459 e. The largest absolute Gasteiger partial charge is 0.459 e. The first-order valence-corrected chi connectivity index (χ1v) is 12.1. The zero-order valence-corrected chi connectivity index (χ0v) is 20.1. The van der Waals surface area contributed by atoms with Crippen LogP contribution < -0.4 is 21.7 Å². The van der Waals surface area contributed by atoms with Gasteiger partial charge in [-0.15, -0.1) is 11.3 Å². The molecule has 2 aromatic heterocycles. The van der Waals surface area contributed by atoms with Gasteiger partial charge in [0, 0.05) is 23.9 Å². The number of urea groups is 1. The van der Waals surface area contributed by atoms with Crippen molar-refractivity contribution in [3.8, 4) is 0 Å². The Kier molecular flexibility index (Phi) is 7.82. The average Bonchev–Trinajstić information content (AvgIpc) is 3.62. The molecule has 10 nitrogen and oxygen atoms in total. The van der Waals surface area contributed by atoms with Gasteiger partial charge in [0.1, 0.15) is 23.7 Å². The van der Waals surface area contributed by atoms with Crippen molar-refractivity contribution in [1.82, 2.24) is 15.5 Å². The van der Waals surface area contributed by atoms with Gasteiger partial charge in [-0.25, -0.2) is 13.6 Å². The van der Waals surface area contributed by atoms with E-state index in [0.717, 1.165) is 17.0 Å². The number of nitrogens with two attached hydrogens (primary N) is 1. The summed E-state index contributed by atoms with van der Waals surface area (Å²) in [6.45, 7) is 0.0830. The number of anilines is 1. The fraction of sp³-hybridized carbons (Fsp3) is 0.250. The van der Waals surface area contributed by atoms with Crippen molar-refractivity contribution in [2.45, 2.75) is 31.0 Å². The lowest BCUT2D eigenvalue weighted by atomic mass is 10.1. The molecule has 4 rings (SSSR count). The average molecular weight is 532 g/mol. The van der Waals surface area contributed by atoms with Gasteiger partial charge in [-0.3, -0.25) is 14.4 Å². The molecule has 1 aliphatic heterocycles. The number of thiophene rings is 1. The molecule has 0 aliphatic carbocycles. The Morgan fingerprint density at radius 1 is 1.16 bits per heavy atom. The maximum absolute atomic E-state index is 14.0. The molecule has 1 aliphatic rings. The van der Waals surface area contributed by atoms with Crippen molar-refractivity contribution in [3.05, 3.63) is 76.4 Å². The van der Waals surface area contributed by atoms with Gasteiger partial charge in [0.2, 0.25) is 11.8 Å². The summed E-state index contributed by atoms with van der Waals surface area (Å²) in [5.74, 6) is -3.87. The first-order valence-electron chi connectivity index (χ1n) is 11.2. The Bertz CT molecular complexity index is 1280. The highest BCUT2D eigenvalue weighted by atomic mass is 32.1. The van der Waals surface area contributed by atoms with Crippen LogP contribution in [-0.2, 0) is 16.0 Å². The van der Waals surface area contributed by atoms with Gasteiger partial charge >= 0.3 is 6.03 Å². The molecule has 1 aromatic carbocycles. The number of halogens is 2. The van der Waals surface area contributed by atoms with E-state index in [1.165, 1.54) is 34.6 Å². The van der Waals surface area contributed by atoms with Crippen molar-refractivity contribution in [1.29, 1.82) is 0 Å². The number of likely N-dealkylation sites (tertiary alicyclic amines) is 1. The molecule has 5 amide bonds. The summed E-state index contributed by atoms with van der Waals surface area (Å²) in [6, 6.07) is 5.12. The molecule has 0 unspecified atom stereocenters. The van der Waals surface area contributed by atoms with E-state index in [1.807, 2.05) is 5.38 Å². The Labute approximate surface area is 213 Å². The number of nitrogens with one attached hydrogen (secondary N) is 3. The smallest absolute Gasteiger partial charge is 0.319 e. The molecule has 0 bridgehead atoms. The van der Waals surface area contributed by atoms with Gasteiger partial charge in [-0.05, 0) is 42.1 Å². The van der Waals surface area contributed by atoms with Gasteiger partial charge in [-0.2, -0.15) is 0 Å². The zero-order chi connectivity index (χ0) is 26.5. The van der Waals surface area contributed by atoms with Crippen LogP contribution in [0.25, 0.3) is 0 Å². The van der Waals surface area contributed by atoms with Crippen LogP contribution >= 0.6 is 11.3 Å². The number of primary amides is 1. The van der Waals surface area contributed by atoms with E-state index in [4.69, 9.17) is 10.2 Å². The highest BCUT2D eigenvalue weighted by Gasteiger charge is 2.44. The standard InChI is InChI=1S/C24H23F2N5O5S/c25-13-5-6-16(15(26)11-13)29-24(35)30-17-7-8-31(23(34)19-4-1-9-36-19)20(17)22(33)28-18(21(27)32)12-14-3-2-10-37-14/h1-6,9-11,17-18,20H,7-8,12H2,(H2,27,32)(H,28,33)(H2,29,30,35)/t17-,18-,20-/m0/s1. The van der Waals surface area contributed by atoms with E-state index in [1.54, 1.807) is 12.1 Å². The van der Waals surface area contributed by atoms with Crippen molar-refractivity contribution >= 4 is 40.8 Å². The topological polar surface area (TPSA) is 147 Å². The minimum atomic E-state index is -1.23. The normalized spacial score (nSPS) is 17.7. The summed E-state index contributed by atoms with van der Waals surface area (Å²) in [6.07, 6.45) is 1.64. The molecular formula is C24H23F2N5O5S. The molecule has 0 radical (unpaired) electrons.